The summed E-state index contributed by atoms with van der Waals surface area (Å²) in [6, 6.07) is 0. The van der Waals surface area contributed by atoms with Crippen LogP contribution in [0, 0.1) is 11.8 Å². The minimum Gasteiger partial charge on any atom is -0.469 e. The second-order valence-corrected chi connectivity index (χ2v) is 3.40. The maximum Gasteiger partial charge on any atom is 0.313 e. The highest BCUT2D eigenvalue weighted by Crippen LogP contribution is 2.27. The molecule has 0 radical (unpaired) electrons. The van der Waals surface area contributed by atoms with Gasteiger partial charge in [-0.05, 0) is 19.8 Å². The van der Waals surface area contributed by atoms with E-state index in [-0.39, 0.29) is 17.8 Å². The molecule has 0 spiro atoms. The SMILES string of the molecule is COC(=O)[C@H]1C=C(C)CC[C@H]1C=O. The molecule has 0 bridgehead atoms. The van der Waals surface area contributed by atoms with Gasteiger partial charge < -0.3 is 9.53 Å². The molecule has 0 saturated carbocycles. The Morgan fingerprint density at radius 3 is 2.92 bits per heavy atom. The van der Waals surface area contributed by atoms with Gasteiger partial charge in [0.25, 0.3) is 0 Å². The van der Waals surface area contributed by atoms with E-state index in [0.717, 1.165) is 24.7 Å². The van der Waals surface area contributed by atoms with E-state index in [0.29, 0.717) is 0 Å². The van der Waals surface area contributed by atoms with E-state index in [1.54, 1.807) is 0 Å². The minimum absolute atomic E-state index is 0.198. The van der Waals surface area contributed by atoms with Crippen molar-refractivity contribution >= 4 is 12.3 Å². The number of esters is 1. The van der Waals surface area contributed by atoms with E-state index in [9.17, 15) is 9.59 Å². The molecule has 1 aliphatic rings. The normalized spacial score (nSPS) is 27.7. The fourth-order valence-electron chi connectivity index (χ4n) is 1.62. The van der Waals surface area contributed by atoms with Crippen LogP contribution in [0.4, 0.5) is 0 Å². The minimum atomic E-state index is -0.365. The van der Waals surface area contributed by atoms with Gasteiger partial charge in [-0.1, -0.05) is 11.6 Å². The maximum absolute atomic E-state index is 11.3. The lowest BCUT2D eigenvalue weighted by Gasteiger charge is -2.23. The quantitative estimate of drug-likeness (QED) is 0.367. The number of carbonyl (C=O) groups is 2. The van der Waals surface area contributed by atoms with Gasteiger partial charge in [0.2, 0.25) is 0 Å². The van der Waals surface area contributed by atoms with Crippen molar-refractivity contribution in [1.29, 1.82) is 0 Å². The Hall–Kier alpha value is -1.12. The molecule has 0 aromatic rings. The molecule has 2 atom stereocenters. The van der Waals surface area contributed by atoms with Gasteiger partial charge in [0, 0.05) is 5.92 Å². The van der Waals surface area contributed by atoms with E-state index >= 15 is 0 Å². The monoisotopic (exact) mass is 182 g/mol. The number of rotatable bonds is 2. The smallest absolute Gasteiger partial charge is 0.313 e. The number of carbonyl (C=O) groups excluding carboxylic acids is 2. The van der Waals surface area contributed by atoms with Crippen LogP contribution < -0.4 is 0 Å². The summed E-state index contributed by atoms with van der Waals surface area (Å²) in [5, 5.41) is 0. The average Bonchev–Trinajstić information content (AvgIpc) is 2.16. The molecule has 1 rings (SSSR count). The van der Waals surface area contributed by atoms with Crippen LogP contribution in [0.15, 0.2) is 11.6 Å². The third-order valence-electron chi connectivity index (χ3n) is 2.45. The molecule has 1 aliphatic carbocycles. The number of ether oxygens (including phenoxy) is 1. The Labute approximate surface area is 77.8 Å². The number of hydrogen-bond acceptors (Lipinski definition) is 3. The summed E-state index contributed by atoms with van der Waals surface area (Å²) < 4.78 is 4.63. The van der Waals surface area contributed by atoms with Crippen molar-refractivity contribution in [2.75, 3.05) is 7.11 Å². The number of allylic oxidation sites excluding steroid dienone is 1. The van der Waals surface area contributed by atoms with E-state index in [2.05, 4.69) is 4.74 Å². The molecule has 13 heavy (non-hydrogen) atoms. The molecule has 0 N–H and O–H groups in total. The van der Waals surface area contributed by atoms with E-state index in [4.69, 9.17) is 0 Å². The van der Waals surface area contributed by atoms with Crippen LogP contribution in [0.2, 0.25) is 0 Å². The van der Waals surface area contributed by atoms with Crippen LogP contribution in [0.5, 0.6) is 0 Å². The van der Waals surface area contributed by atoms with Crippen LogP contribution >= 0.6 is 0 Å². The molecule has 72 valence electrons. The number of hydrogen-bond donors (Lipinski definition) is 0. The van der Waals surface area contributed by atoms with Crippen LogP contribution in [-0.2, 0) is 14.3 Å². The summed E-state index contributed by atoms with van der Waals surface area (Å²) in [6.45, 7) is 1.97. The van der Waals surface area contributed by atoms with Gasteiger partial charge in [-0.2, -0.15) is 0 Å². The Kier molecular flexibility index (Phi) is 3.23. The molecule has 0 heterocycles. The van der Waals surface area contributed by atoms with Crippen molar-refractivity contribution in [2.24, 2.45) is 11.8 Å². The lowest BCUT2D eigenvalue weighted by Crippen LogP contribution is -2.27. The van der Waals surface area contributed by atoms with Gasteiger partial charge in [0.15, 0.2) is 0 Å². The van der Waals surface area contributed by atoms with Crippen molar-refractivity contribution in [1.82, 2.24) is 0 Å². The first-order valence-electron chi connectivity index (χ1n) is 4.39. The second-order valence-electron chi connectivity index (χ2n) is 3.40. The van der Waals surface area contributed by atoms with Gasteiger partial charge in [-0.15, -0.1) is 0 Å². The first kappa shape index (κ1) is 9.96. The fraction of sp³-hybridized carbons (Fsp3) is 0.600. The lowest BCUT2D eigenvalue weighted by atomic mass is 9.82. The molecule has 0 aromatic carbocycles. The van der Waals surface area contributed by atoms with E-state index < -0.39 is 0 Å². The molecular weight excluding hydrogens is 168 g/mol. The van der Waals surface area contributed by atoms with Gasteiger partial charge in [0.1, 0.15) is 6.29 Å². The molecule has 0 aliphatic heterocycles. The summed E-state index contributed by atoms with van der Waals surface area (Å²) in [4.78, 5) is 21.9. The van der Waals surface area contributed by atoms with Gasteiger partial charge in [0.05, 0.1) is 13.0 Å². The third kappa shape index (κ3) is 2.17. The number of methoxy groups -OCH3 is 1. The van der Waals surface area contributed by atoms with Crippen molar-refractivity contribution in [3.05, 3.63) is 11.6 Å². The molecule has 0 aromatic heterocycles. The molecule has 0 saturated heterocycles. The first-order chi connectivity index (χ1) is 6.19. The first-order valence-corrected chi connectivity index (χ1v) is 4.39. The van der Waals surface area contributed by atoms with Crippen molar-refractivity contribution in [3.8, 4) is 0 Å². The Morgan fingerprint density at radius 1 is 1.69 bits per heavy atom. The molecule has 0 fully saturated rings. The Morgan fingerprint density at radius 2 is 2.38 bits per heavy atom. The fourth-order valence-corrected chi connectivity index (χ4v) is 1.62. The Bertz CT molecular complexity index is 243. The maximum atomic E-state index is 11.3. The number of aldehydes is 1. The van der Waals surface area contributed by atoms with Crippen LogP contribution in [0.3, 0.4) is 0 Å². The highest BCUT2D eigenvalue weighted by atomic mass is 16.5. The summed E-state index contributed by atoms with van der Waals surface area (Å²) in [7, 11) is 1.35. The molecular formula is C10H14O3. The zero-order valence-corrected chi connectivity index (χ0v) is 7.95. The topological polar surface area (TPSA) is 43.4 Å². The largest absolute Gasteiger partial charge is 0.469 e. The predicted octanol–water partition coefficient (Wildman–Crippen LogP) is 1.33. The second kappa shape index (κ2) is 4.21. The molecule has 3 heteroatoms. The molecule has 0 amide bonds. The molecule has 0 unspecified atom stereocenters. The highest BCUT2D eigenvalue weighted by molar-refractivity contribution is 5.79. The van der Waals surface area contributed by atoms with Crippen molar-refractivity contribution in [2.45, 2.75) is 19.8 Å². The molecule has 3 nitrogen and oxygen atoms in total. The predicted molar refractivity (Wildman–Crippen MR) is 48.1 cm³/mol. The summed E-state index contributed by atoms with van der Waals surface area (Å²) in [5.74, 6) is -0.872. The van der Waals surface area contributed by atoms with Gasteiger partial charge in [-0.25, -0.2) is 0 Å². The Balaban J connectivity index is 2.81. The lowest BCUT2D eigenvalue weighted by molar-refractivity contribution is -0.146. The van der Waals surface area contributed by atoms with E-state index in [1.807, 2.05) is 13.0 Å². The third-order valence-corrected chi connectivity index (χ3v) is 2.45. The van der Waals surface area contributed by atoms with Crippen LogP contribution in [-0.4, -0.2) is 19.4 Å². The summed E-state index contributed by atoms with van der Waals surface area (Å²) in [5.41, 5.74) is 1.16. The van der Waals surface area contributed by atoms with Crippen LogP contribution in [0.25, 0.3) is 0 Å². The van der Waals surface area contributed by atoms with Gasteiger partial charge >= 0.3 is 5.97 Å². The van der Waals surface area contributed by atoms with Crippen molar-refractivity contribution in [3.63, 3.8) is 0 Å². The zero-order valence-electron chi connectivity index (χ0n) is 7.95. The van der Waals surface area contributed by atoms with E-state index in [1.165, 1.54) is 7.11 Å². The summed E-state index contributed by atoms with van der Waals surface area (Å²) >= 11 is 0. The average molecular weight is 182 g/mol. The van der Waals surface area contributed by atoms with Crippen molar-refractivity contribution < 1.29 is 14.3 Å². The zero-order chi connectivity index (χ0) is 9.84. The highest BCUT2D eigenvalue weighted by Gasteiger charge is 2.29. The summed E-state index contributed by atoms with van der Waals surface area (Å²) in [6.07, 6.45) is 4.35. The van der Waals surface area contributed by atoms with Gasteiger partial charge in [-0.3, -0.25) is 4.79 Å². The standard InChI is InChI=1S/C10H14O3/c1-7-3-4-8(6-11)9(5-7)10(12)13-2/h5-6,8-9H,3-4H2,1-2H3/t8-,9-/m0/s1. The van der Waals surface area contributed by atoms with Crippen LogP contribution in [0.1, 0.15) is 19.8 Å².